The number of rotatable bonds is 8. The van der Waals surface area contributed by atoms with E-state index in [2.05, 4.69) is 15.2 Å². The highest BCUT2D eigenvalue weighted by molar-refractivity contribution is 7.91. The van der Waals surface area contributed by atoms with Crippen molar-refractivity contribution in [3.63, 3.8) is 0 Å². The number of nitrogens with one attached hydrogen (secondary N) is 1. The van der Waals surface area contributed by atoms with Crippen LogP contribution in [0.25, 0.3) is 5.76 Å². The molecule has 162 valence electrons. The van der Waals surface area contributed by atoms with Crippen LogP contribution in [0.15, 0.2) is 93.5 Å². The summed E-state index contributed by atoms with van der Waals surface area (Å²) in [6.07, 6.45) is 4.05. The molecule has 8 nitrogen and oxygen atoms in total. The molecule has 0 atom stereocenters. The Hall–Kier alpha value is -3.98. The maximum Gasteiger partial charge on any atom is 0.215 e. The molecule has 9 heteroatoms. The fourth-order valence-electron chi connectivity index (χ4n) is 3.24. The van der Waals surface area contributed by atoms with Gasteiger partial charge in [0.05, 0.1) is 10.5 Å². The van der Waals surface area contributed by atoms with Crippen LogP contribution in [-0.4, -0.2) is 34.5 Å². The average Bonchev–Trinajstić information content (AvgIpc) is 3.49. The number of sulfone groups is 1. The normalized spacial score (nSPS) is 12.1. The van der Waals surface area contributed by atoms with E-state index >= 15 is 0 Å². The molecular formula is C23H19N3O5S. The van der Waals surface area contributed by atoms with E-state index in [0.717, 1.165) is 17.9 Å². The highest BCUT2D eigenvalue weighted by Crippen LogP contribution is 2.30. The molecule has 0 radical (unpaired) electrons. The van der Waals surface area contributed by atoms with E-state index < -0.39 is 21.4 Å². The molecule has 0 saturated carbocycles. The SMILES string of the molecule is O=C(C=C(O)c1nc[nH]n1)c1c(S(=O)(=O)c2ccccc2)coc1CCc1ccccc1. The monoisotopic (exact) mass is 449 g/mol. The van der Waals surface area contributed by atoms with Crippen molar-refractivity contribution in [3.8, 4) is 0 Å². The van der Waals surface area contributed by atoms with Crippen molar-refractivity contribution in [3.05, 3.63) is 102 Å². The molecule has 4 aromatic rings. The molecule has 0 aliphatic heterocycles. The third kappa shape index (κ3) is 4.37. The molecule has 0 fully saturated rings. The largest absolute Gasteiger partial charge is 0.504 e. The van der Waals surface area contributed by atoms with Crippen LogP contribution in [-0.2, 0) is 22.7 Å². The number of hydrogen-bond donors (Lipinski definition) is 2. The van der Waals surface area contributed by atoms with Gasteiger partial charge in [-0.15, -0.1) is 0 Å². The first-order chi connectivity index (χ1) is 15.5. The zero-order valence-electron chi connectivity index (χ0n) is 16.8. The Morgan fingerprint density at radius 1 is 1.03 bits per heavy atom. The lowest BCUT2D eigenvalue weighted by Gasteiger charge is -2.06. The molecule has 2 aromatic carbocycles. The van der Waals surface area contributed by atoms with Gasteiger partial charge in [0.2, 0.25) is 15.7 Å². The summed E-state index contributed by atoms with van der Waals surface area (Å²) in [4.78, 5) is 16.7. The zero-order chi connectivity index (χ0) is 22.6. The first-order valence-corrected chi connectivity index (χ1v) is 11.2. The number of hydrogen-bond acceptors (Lipinski definition) is 7. The van der Waals surface area contributed by atoms with Gasteiger partial charge in [0.25, 0.3) is 0 Å². The summed E-state index contributed by atoms with van der Waals surface area (Å²) in [5, 5.41) is 16.4. The number of aliphatic hydroxyl groups is 1. The lowest BCUT2D eigenvalue weighted by molar-refractivity contribution is 0.104. The van der Waals surface area contributed by atoms with Crippen molar-refractivity contribution in [1.29, 1.82) is 0 Å². The first-order valence-electron chi connectivity index (χ1n) is 9.72. The predicted molar refractivity (Wildman–Crippen MR) is 116 cm³/mol. The lowest BCUT2D eigenvalue weighted by Crippen LogP contribution is -2.09. The number of aryl methyl sites for hydroxylation is 2. The Morgan fingerprint density at radius 2 is 1.72 bits per heavy atom. The van der Waals surface area contributed by atoms with Crippen molar-refractivity contribution in [2.24, 2.45) is 0 Å². The van der Waals surface area contributed by atoms with Gasteiger partial charge in [-0.25, -0.2) is 13.4 Å². The summed E-state index contributed by atoms with van der Waals surface area (Å²) in [6, 6.07) is 17.3. The van der Waals surface area contributed by atoms with E-state index in [9.17, 15) is 18.3 Å². The van der Waals surface area contributed by atoms with E-state index in [0.29, 0.717) is 12.8 Å². The van der Waals surface area contributed by atoms with Crippen LogP contribution in [0.2, 0.25) is 0 Å². The molecule has 0 saturated heterocycles. The van der Waals surface area contributed by atoms with Gasteiger partial charge in [-0.05, 0) is 24.1 Å². The van der Waals surface area contributed by atoms with Gasteiger partial charge >= 0.3 is 0 Å². The quantitative estimate of drug-likeness (QED) is 0.238. The summed E-state index contributed by atoms with van der Waals surface area (Å²) >= 11 is 0. The minimum absolute atomic E-state index is 0.0339. The Kier molecular flexibility index (Phi) is 6.00. The van der Waals surface area contributed by atoms with Crippen LogP contribution in [0.4, 0.5) is 0 Å². The molecule has 0 unspecified atom stereocenters. The number of furan rings is 1. The summed E-state index contributed by atoms with van der Waals surface area (Å²) in [5.41, 5.74) is 0.890. The molecule has 2 heterocycles. The van der Waals surface area contributed by atoms with Gasteiger partial charge in [0.15, 0.2) is 11.5 Å². The van der Waals surface area contributed by atoms with Gasteiger partial charge in [0, 0.05) is 12.5 Å². The second kappa shape index (κ2) is 9.03. The van der Waals surface area contributed by atoms with Crippen LogP contribution >= 0.6 is 0 Å². The van der Waals surface area contributed by atoms with Crippen LogP contribution in [0.1, 0.15) is 27.5 Å². The summed E-state index contributed by atoms with van der Waals surface area (Å²) in [7, 11) is -4.03. The number of benzene rings is 2. The van der Waals surface area contributed by atoms with Crippen molar-refractivity contribution >= 4 is 21.4 Å². The highest BCUT2D eigenvalue weighted by Gasteiger charge is 2.30. The van der Waals surface area contributed by atoms with Crippen molar-refractivity contribution in [2.45, 2.75) is 22.6 Å². The third-order valence-electron chi connectivity index (χ3n) is 4.82. The Morgan fingerprint density at radius 3 is 2.38 bits per heavy atom. The maximum absolute atomic E-state index is 13.2. The number of carbonyl (C=O) groups excluding carboxylic acids is 1. The fraction of sp³-hybridized carbons (Fsp3) is 0.0870. The Labute approximate surface area is 184 Å². The van der Waals surface area contributed by atoms with Gasteiger partial charge in [-0.1, -0.05) is 48.5 Å². The standard InChI is InChI=1S/C23H19N3O5S/c27-18(13-19(28)23-24-15-25-26-23)22-20(12-11-16-7-3-1-4-8-16)31-14-21(22)32(29,30)17-9-5-2-6-10-17/h1-10,13-15,28H,11-12H2,(H,24,25,26). The zero-order valence-corrected chi connectivity index (χ0v) is 17.6. The minimum atomic E-state index is -4.03. The number of H-pyrrole nitrogens is 1. The van der Waals surface area contributed by atoms with E-state index in [1.165, 1.54) is 18.5 Å². The highest BCUT2D eigenvalue weighted by atomic mass is 32.2. The molecule has 2 aromatic heterocycles. The molecule has 2 N–H and O–H groups in total. The van der Waals surface area contributed by atoms with Crippen LogP contribution in [0.3, 0.4) is 0 Å². The fourth-order valence-corrected chi connectivity index (χ4v) is 4.67. The Bertz CT molecular complexity index is 1340. The van der Waals surface area contributed by atoms with E-state index in [1.54, 1.807) is 18.2 Å². The number of ketones is 1. The van der Waals surface area contributed by atoms with E-state index in [1.807, 2.05) is 30.3 Å². The molecular weight excluding hydrogens is 430 g/mol. The molecule has 0 amide bonds. The van der Waals surface area contributed by atoms with Gasteiger partial charge in [-0.3, -0.25) is 9.89 Å². The second-order valence-electron chi connectivity index (χ2n) is 6.92. The molecule has 0 aliphatic rings. The molecule has 4 rings (SSSR count). The number of aromatic nitrogens is 3. The molecule has 0 spiro atoms. The van der Waals surface area contributed by atoms with Crippen LogP contribution < -0.4 is 0 Å². The van der Waals surface area contributed by atoms with Gasteiger partial charge in [-0.2, -0.15) is 5.10 Å². The number of carbonyl (C=O) groups is 1. The molecule has 0 bridgehead atoms. The number of aromatic amines is 1. The maximum atomic E-state index is 13.2. The van der Waals surface area contributed by atoms with Crippen LogP contribution in [0, 0.1) is 0 Å². The smallest absolute Gasteiger partial charge is 0.215 e. The van der Waals surface area contributed by atoms with Crippen molar-refractivity contribution in [1.82, 2.24) is 15.2 Å². The lowest BCUT2D eigenvalue weighted by atomic mass is 10.0. The third-order valence-corrected chi connectivity index (χ3v) is 6.59. The molecule has 32 heavy (non-hydrogen) atoms. The number of allylic oxidation sites excluding steroid dienone is 1. The predicted octanol–water partition coefficient (Wildman–Crippen LogP) is 3.80. The first kappa shape index (κ1) is 21.3. The van der Waals surface area contributed by atoms with Crippen molar-refractivity contribution in [2.75, 3.05) is 0 Å². The summed E-state index contributed by atoms with van der Waals surface area (Å²) in [5.74, 6) is -1.08. The Balaban J connectivity index is 1.76. The van der Waals surface area contributed by atoms with E-state index in [-0.39, 0.29) is 26.9 Å². The van der Waals surface area contributed by atoms with Crippen molar-refractivity contribution < 1.29 is 22.7 Å². The van der Waals surface area contributed by atoms with Gasteiger partial charge < -0.3 is 9.52 Å². The molecule has 0 aliphatic carbocycles. The van der Waals surface area contributed by atoms with E-state index in [4.69, 9.17) is 4.42 Å². The average molecular weight is 449 g/mol. The number of nitrogens with zero attached hydrogens (tertiary/aromatic N) is 2. The van der Waals surface area contributed by atoms with Gasteiger partial charge in [0.1, 0.15) is 23.2 Å². The number of aliphatic hydroxyl groups excluding tert-OH is 1. The minimum Gasteiger partial charge on any atom is -0.504 e. The second-order valence-corrected chi connectivity index (χ2v) is 8.83. The summed E-state index contributed by atoms with van der Waals surface area (Å²) < 4.78 is 32.0. The topological polar surface area (TPSA) is 126 Å². The summed E-state index contributed by atoms with van der Waals surface area (Å²) in [6.45, 7) is 0. The van der Waals surface area contributed by atoms with Crippen LogP contribution in [0.5, 0.6) is 0 Å².